The molecule has 3 atom stereocenters. The molecule has 0 radical (unpaired) electrons. The van der Waals surface area contributed by atoms with E-state index in [1.807, 2.05) is 6.92 Å². The van der Waals surface area contributed by atoms with Crippen LogP contribution in [0, 0.1) is 0 Å². The Hall–Kier alpha value is -0.140. The predicted octanol–water partition coefficient (Wildman–Crippen LogP) is -1.05. The number of fused-ring (bicyclic) bond motifs is 1. The molecule has 0 aromatic carbocycles. The molecular formula is C8H15NO4S2. The van der Waals surface area contributed by atoms with Gasteiger partial charge in [-0.3, -0.25) is 0 Å². The van der Waals surface area contributed by atoms with Gasteiger partial charge in [0.2, 0.25) is 0 Å². The van der Waals surface area contributed by atoms with Gasteiger partial charge in [0.25, 0.3) is 0 Å². The highest BCUT2D eigenvalue weighted by Gasteiger charge is 2.45. The van der Waals surface area contributed by atoms with Crippen LogP contribution < -0.4 is 5.32 Å². The Kier molecular flexibility index (Phi) is 2.59. The second-order valence-electron chi connectivity index (χ2n) is 4.45. The van der Waals surface area contributed by atoms with E-state index in [0.29, 0.717) is 6.42 Å². The summed E-state index contributed by atoms with van der Waals surface area (Å²) in [6.07, 6.45) is 0.413. The third kappa shape index (κ3) is 2.19. The fourth-order valence-corrected chi connectivity index (χ4v) is 7.09. The van der Waals surface area contributed by atoms with Crippen molar-refractivity contribution < 1.29 is 16.8 Å². The smallest absolute Gasteiger partial charge is 0.157 e. The van der Waals surface area contributed by atoms with Gasteiger partial charge in [-0.15, -0.1) is 0 Å². The SMILES string of the molecule is CC1CS(=O)(=O)C2CS(=O)(=O)CCC2N1. The van der Waals surface area contributed by atoms with Crippen LogP contribution in [0.1, 0.15) is 13.3 Å². The summed E-state index contributed by atoms with van der Waals surface area (Å²) in [5.74, 6) is -0.0627. The molecule has 0 amide bonds. The lowest BCUT2D eigenvalue weighted by atomic mass is 10.1. The van der Waals surface area contributed by atoms with Crippen LogP contribution in [0.25, 0.3) is 0 Å². The summed E-state index contributed by atoms with van der Waals surface area (Å²) in [6, 6.07) is -0.251. The molecule has 0 bridgehead atoms. The van der Waals surface area contributed by atoms with Crippen molar-refractivity contribution in [3.05, 3.63) is 0 Å². The first kappa shape index (κ1) is 11.3. The van der Waals surface area contributed by atoms with Crippen molar-refractivity contribution in [1.29, 1.82) is 0 Å². The Balaban J connectivity index is 2.32. The molecule has 0 aromatic rings. The zero-order valence-electron chi connectivity index (χ0n) is 8.51. The molecule has 15 heavy (non-hydrogen) atoms. The summed E-state index contributed by atoms with van der Waals surface area (Å²) in [4.78, 5) is 0. The first-order chi connectivity index (χ1) is 6.80. The number of hydrogen-bond acceptors (Lipinski definition) is 5. The van der Waals surface area contributed by atoms with Crippen LogP contribution in [0.5, 0.6) is 0 Å². The van der Waals surface area contributed by atoms with E-state index >= 15 is 0 Å². The molecule has 0 saturated carbocycles. The molecule has 2 rings (SSSR count). The highest BCUT2D eigenvalue weighted by molar-refractivity contribution is 7.95. The third-order valence-corrected chi connectivity index (χ3v) is 7.37. The topological polar surface area (TPSA) is 80.3 Å². The summed E-state index contributed by atoms with van der Waals surface area (Å²) in [6.45, 7) is 1.82. The van der Waals surface area contributed by atoms with Crippen LogP contribution in [0.2, 0.25) is 0 Å². The minimum Gasteiger partial charge on any atom is -0.309 e. The molecule has 0 spiro atoms. The Labute approximate surface area is 90.1 Å². The molecule has 5 nitrogen and oxygen atoms in total. The summed E-state index contributed by atoms with van der Waals surface area (Å²) in [7, 11) is -6.41. The van der Waals surface area contributed by atoms with Gasteiger partial charge in [0.15, 0.2) is 19.7 Å². The molecule has 0 aliphatic carbocycles. The zero-order chi connectivity index (χ0) is 11.3. The van der Waals surface area contributed by atoms with Crippen molar-refractivity contribution in [2.75, 3.05) is 17.3 Å². The molecule has 0 aromatic heterocycles. The van der Waals surface area contributed by atoms with Crippen molar-refractivity contribution >= 4 is 19.7 Å². The van der Waals surface area contributed by atoms with Crippen molar-refractivity contribution in [1.82, 2.24) is 5.32 Å². The number of rotatable bonds is 0. The highest BCUT2D eigenvalue weighted by atomic mass is 32.2. The average molecular weight is 253 g/mol. The molecule has 2 aliphatic heterocycles. The number of sulfone groups is 2. The summed E-state index contributed by atoms with van der Waals surface area (Å²) in [5.41, 5.74) is 0. The fourth-order valence-electron chi connectivity index (χ4n) is 2.37. The van der Waals surface area contributed by atoms with Gasteiger partial charge in [-0.2, -0.15) is 0 Å². The van der Waals surface area contributed by atoms with E-state index in [2.05, 4.69) is 5.32 Å². The van der Waals surface area contributed by atoms with Crippen molar-refractivity contribution in [2.24, 2.45) is 0 Å². The summed E-state index contributed by atoms with van der Waals surface area (Å²) < 4.78 is 46.4. The number of hydrogen-bond donors (Lipinski definition) is 1. The lowest BCUT2D eigenvalue weighted by Crippen LogP contribution is -2.61. The van der Waals surface area contributed by atoms with Crippen LogP contribution in [-0.4, -0.2) is 51.4 Å². The molecule has 1 N–H and O–H groups in total. The Morgan fingerprint density at radius 3 is 2.47 bits per heavy atom. The van der Waals surface area contributed by atoms with E-state index in [4.69, 9.17) is 0 Å². The van der Waals surface area contributed by atoms with Crippen LogP contribution in [0.15, 0.2) is 0 Å². The van der Waals surface area contributed by atoms with E-state index < -0.39 is 24.9 Å². The second kappa shape index (κ2) is 3.43. The van der Waals surface area contributed by atoms with Gasteiger partial charge in [-0.1, -0.05) is 0 Å². The Morgan fingerprint density at radius 2 is 1.80 bits per heavy atom. The number of nitrogens with one attached hydrogen (secondary N) is 1. The van der Waals surface area contributed by atoms with Crippen molar-refractivity contribution in [3.8, 4) is 0 Å². The molecule has 2 heterocycles. The molecule has 7 heteroatoms. The third-order valence-electron chi connectivity index (χ3n) is 3.05. The van der Waals surface area contributed by atoms with Crippen molar-refractivity contribution in [2.45, 2.75) is 30.7 Å². The Bertz CT molecular complexity index is 453. The summed E-state index contributed by atoms with van der Waals surface area (Å²) >= 11 is 0. The van der Waals surface area contributed by atoms with Crippen LogP contribution in [0.3, 0.4) is 0 Å². The van der Waals surface area contributed by atoms with Crippen LogP contribution in [0.4, 0.5) is 0 Å². The lowest BCUT2D eigenvalue weighted by molar-refractivity contribution is 0.399. The maximum absolute atomic E-state index is 11.8. The molecule has 2 saturated heterocycles. The van der Waals surface area contributed by atoms with Gasteiger partial charge in [0.05, 0.1) is 22.5 Å². The molecule has 88 valence electrons. The van der Waals surface area contributed by atoms with Gasteiger partial charge >= 0.3 is 0 Å². The normalized spacial score (nSPS) is 43.1. The van der Waals surface area contributed by atoms with Gasteiger partial charge in [-0.05, 0) is 13.3 Å². The average Bonchev–Trinajstić information content (AvgIpc) is 2.05. The molecule has 3 unspecified atom stereocenters. The largest absolute Gasteiger partial charge is 0.309 e. The predicted molar refractivity (Wildman–Crippen MR) is 57.2 cm³/mol. The maximum atomic E-state index is 11.8. The van der Waals surface area contributed by atoms with Crippen LogP contribution in [-0.2, 0) is 19.7 Å². The molecule has 2 fully saturated rings. The van der Waals surface area contributed by atoms with E-state index in [1.54, 1.807) is 0 Å². The van der Waals surface area contributed by atoms with E-state index in [0.717, 1.165) is 0 Å². The molecule has 2 aliphatic rings. The van der Waals surface area contributed by atoms with Crippen molar-refractivity contribution in [3.63, 3.8) is 0 Å². The van der Waals surface area contributed by atoms with E-state index in [1.165, 1.54) is 0 Å². The van der Waals surface area contributed by atoms with Gasteiger partial charge in [0, 0.05) is 12.1 Å². The fraction of sp³-hybridized carbons (Fsp3) is 1.00. The second-order valence-corrected chi connectivity index (χ2v) is 8.94. The van der Waals surface area contributed by atoms with Gasteiger partial charge < -0.3 is 5.32 Å². The van der Waals surface area contributed by atoms with Crippen LogP contribution >= 0.6 is 0 Å². The van der Waals surface area contributed by atoms with E-state index in [-0.39, 0.29) is 29.3 Å². The summed E-state index contributed by atoms with van der Waals surface area (Å²) in [5, 5.41) is 2.44. The quantitative estimate of drug-likeness (QED) is 0.596. The zero-order valence-corrected chi connectivity index (χ0v) is 10.1. The highest BCUT2D eigenvalue weighted by Crippen LogP contribution is 2.24. The lowest BCUT2D eigenvalue weighted by Gasteiger charge is -2.38. The van der Waals surface area contributed by atoms with E-state index in [9.17, 15) is 16.8 Å². The Morgan fingerprint density at radius 1 is 1.13 bits per heavy atom. The first-order valence-electron chi connectivity index (χ1n) is 4.98. The maximum Gasteiger partial charge on any atom is 0.157 e. The molecular weight excluding hydrogens is 238 g/mol. The minimum absolute atomic E-state index is 0.0453. The van der Waals surface area contributed by atoms with Gasteiger partial charge in [-0.25, -0.2) is 16.8 Å². The monoisotopic (exact) mass is 253 g/mol. The van der Waals surface area contributed by atoms with Gasteiger partial charge in [0.1, 0.15) is 0 Å². The first-order valence-corrected chi connectivity index (χ1v) is 8.52. The minimum atomic E-state index is -3.25. The standard InChI is InChI=1S/C8H15NO4S2/c1-6-4-15(12,13)8-5-14(10,11)3-2-7(8)9-6/h6-9H,2-5H2,1H3.